The maximum Gasteiger partial charge on any atom is 0.299 e. The number of hydrogen-bond acceptors (Lipinski definition) is 6. The second kappa shape index (κ2) is 12.5. The Bertz CT molecular complexity index is 2060. The fourth-order valence-electron chi connectivity index (χ4n) is 4.38. The zero-order valence-electron chi connectivity index (χ0n) is 23.7. The Morgan fingerprint density at radius 2 is 1.61 bits per heavy atom. The quantitative estimate of drug-likeness (QED) is 0.116. The predicted octanol–water partition coefficient (Wildman–Crippen LogP) is 7.77. The number of rotatable bonds is 8. The van der Waals surface area contributed by atoms with Gasteiger partial charge in [0.1, 0.15) is 9.80 Å². The molecule has 1 N–H and O–H groups in total. The maximum absolute atomic E-state index is 13.7. The van der Waals surface area contributed by atoms with Gasteiger partial charge in [-0.1, -0.05) is 64.8 Å². The number of benzene rings is 4. The van der Waals surface area contributed by atoms with Gasteiger partial charge in [-0.2, -0.15) is 0 Å². The Labute approximate surface area is 271 Å². The fourth-order valence-corrected chi connectivity index (χ4v) is 8.81. The van der Waals surface area contributed by atoms with Crippen LogP contribution in [-0.2, 0) is 29.9 Å². The number of amides is 1. The molecule has 0 aliphatic carbocycles. The van der Waals surface area contributed by atoms with Gasteiger partial charge in [-0.05, 0) is 78.8 Å². The van der Waals surface area contributed by atoms with E-state index >= 15 is 0 Å². The van der Waals surface area contributed by atoms with Crippen molar-refractivity contribution in [3.63, 3.8) is 0 Å². The lowest BCUT2D eigenvalue weighted by Gasteiger charge is -2.21. The second-order valence-corrected chi connectivity index (χ2v) is 16.3. The Morgan fingerprint density at radius 1 is 0.955 bits per heavy atom. The number of carbonyl (C=O) groups is 1. The molecule has 226 valence electrons. The first-order chi connectivity index (χ1) is 20.7. The SMILES string of the molecule is C=S(=O)(Cc1c(Cl)cccc1Cl)c1ccc2c(c1)S/C(=C\c1ccc(OS(=C)(=O)c3ccc(C)cc3)c([N+](C)=O)c1)C(=O)N2. The molecule has 5 rings (SSSR count). The summed E-state index contributed by atoms with van der Waals surface area (Å²) in [5, 5.41) is 3.67. The van der Waals surface area contributed by atoms with Crippen LogP contribution in [-0.4, -0.2) is 37.9 Å². The minimum absolute atomic E-state index is 0.0491. The highest BCUT2D eigenvalue weighted by atomic mass is 35.5. The molecule has 44 heavy (non-hydrogen) atoms. The van der Waals surface area contributed by atoms with Gasteiger partial charge in [0.05, 0.1) is 15.5 Å². The predicted molar refractivity (Wildman–Crippen MR) is 184 cm³/mol. The lowest BCUT2D eigenvalue weighted by molar-refractivity contribution is -0.428. The molecule has 0 radical (unpaired) electrons. The Balaban J connectivity index is 1.43. The molecule has 2 atom stereocenters. The van der Waals surface area contributed by atoms with E-state index in [0.717, 1.165) is 5.56 Å². The largest absolute Gasteiger partial charge is 0.398 e. The van der Waals surface area contributed by atoms with Crippen molar-refractivity contribution >= 4 is 89.4 Å². The molecule has 0 saturated carbocycles. The zero-order chi connectivity index (χ0) is 31.8. The highest BCUT2D eigenvalue weighted by molar-refractivity contribution is 8.04. The molecule has 1 amide bonds. The number of nitrogens with zero attached hydrogens (tertiary/aromatic N) is 1. The van der Waals surface area contributed by atoms with Crippen molar-refractivity contribution in [2.45, 2.75) is 27.4 Å². The van der Waals surface area contributed by atoms with Gasteiger partial charge < -0.3 is 9.50 Å². The van der Waals surface area contributed by atoms with E-state index in [1.54, 1.807) is 72.8 Å². The molecule has 1 aliphatic rings. The standard InChI is InChI=1S/C32H26Cl2N2O5S3/c1-20-8-11-22(12-9-20)44(4,40)41-29-15-10-21(16-28(29)36(2)38)17-31-32(37)35-27-14-13-23(18-30(27)42-31)43(3,39)19-24-25(33)6-5-7-26(24)34/h5-18H,3-4,19H2,1-2H3/p+1/b31-17-. The van der Waals surface area contributed by atoms with Crippen LogP contribution in [0.25, 0.3) is 6.08 Å². The topological polar surface area (TPSA) is 92.6 Å². The van der Waals surface area contributed by atoms with Gasteiger partial charge in [0.25, 0.3) is 11.6 Å². The average Bonchev–Trinajstić information content (AvgIpc) is 2.96. The van der Waals surface area contributed by atoms with Crippen molar-refractivity contribution in [2.24, 2.45) is 0 Å². The van der Waals surface area contributed by atoms with Gasteiger partial charge in [-0.15, -0.1) is 0 Å². The van der Waals surface area contributed by atoms with E-state index in [1.165, 1.54) is 30.9 Å². The number of thioether (sulfide) groups is 1. The zero-order valence-corrected chi connectivity index (χ0v) is 27.6. The van der Waals surface area contributed by atoms with Crippen LogP contribution in [0.5, 0.6) is 5.75 Å². The summed E-state index contributed by atoms with van der Waals surface area (Å²) < 4.78 is 33.3. The van der Waals surface area contributed by atoms with Crippen LogP contribution >= 0.6 is 35.0 Å². The lowest BCUT2D eigenvalue weighted by Crippen LogP contribution is -2.17. The van der Waals surface area contributed by atoms with E-state index in [-0.39, 0.29) is 23.1 Å². The molecular formula is C32H27Cl2N2O5S3+. The number of fused-ring (bicyclic) bond motifs is 1. The first-order valence-corrected chi connectivity index (χ1v) is 18.2. The fraction of sp³-hybridized carbons (Fsp3) is 0.0938. The molecule has 0 saturated heterocycles. The van der Waals surface area contributed by atoms with Crippen LogP contribution in [0.15, 0.2) is 98.5 Å². The molecule has 7 nitrogen and oxygen atoms in total. The third-order valence-corrected chi connectivity index (χ3v) is 11.8. The van der Waals surface area contributed by atoms with Crippen molar-refractivity contribution in [1.82, 2.24) is 0 Å². The monoisotopic (exact) mass is 685 g/mol. The Morgan fingerprint density at radius 3 is 2.27 bits per heavy atom. The summed E-state index contributed by atoms with van der Waals surface area (Å²) in [6.45, 7) is 1.91. The van der Waals surface area contributed by atoms with E-state index in [4.69, 9.17) is 27.4 Å². The molecular weight excluding hydrogens is 659 g/mol. The molecule has 4 aromatic carbocycles. The summed E-state index contributed by atoms with van der Waals surface area (Å²) in [4.78, 5) is 27.3. The van der Waals surface area contributed by atoms with Crippen molar-refractivity contribution in [1.29, 1.82) is 0 Å². The van der Waals surface area contributed by atoms with Crippen LogP contribution in [0.2, 0.25) is 10.0 Å². The van der Waals surface area contributed by atoms with Gasteiger partial charge >= 0.3 is 0 Å². The summed E-state index contributed by atoms with van der Waals surface area (Å²) in [6.07, 6.45) is 1.62. The van der Waals surface area contributed by atoms with Crippen LogP contribution in [0, 0.1) is 11.8 Å². The molecule has 12 heteroatoms. The third-order valence-electron chi connectivity index (χ3n) is 6.74. The number of anilines is 1. The van der Waals surface area contributed by atoms with Crippen molar-refractivity contribution < 1.29 is 22.2 Å². The molecule has 0 bridgehead atoms. The van der Waals surface area contributed by atoms with E-state index in [2.05, 4.69) is 17.1 Å². The van der Waals surface area contributed by atoms with Crippen LogP contribution in [0.4, 0.5) is 11.4 Å². The third kappa shape index (κ3) is 6.90. The van der Waals surface area contributed by atoms with Gasteiger partial charge in [0.2, 0.25) is 5.75 Å². The van der Waals surface area contributed by atoms with Crippen LogP contribution < -0.4 is 9.50 Å². The number of nitroso groups, excluding NO2 is 1. The summed E-state index contributed by atoms with van der Waals surface area (Å²) >= 11 is 13.8. The highest BCUT2D eigenvalue weighted by Crippen LogP contribution is 2.41. The molecule has 0 aromatic heterocycles. The smallest absolute Gasteiger partial charge is 0.299 e. The summed E-state index contributed by atoms with van der Waals surface area (Å²) in [6, 6.07) is 21.8. The first kappa shape index (κ1) is 31.9. The minimum atomic E-state index is -3.20. The summed E-state index contributed by atoms with van der Waals surface area (Å²) in [5.41, 5.74) is 2.76. The van der Waals surface area contributed by atoms with E-state index in [0.29, 0.717) is 51.2 Å². The van der Waals surface area contributed by atoms with Crippen molar-refractivity contribution in [3.8, 4) is 5.75 Å². The number of halogens is 2. The average molecular weight is 687 g/mol. The number of aryl methyl sites for hydroxylation is 1. The van der Waals surface area contributed by atoms with E-state index in [1.807, 2.05) is 6.92 Å². The van der Waals surface area contributed by atoms with Gasteiger partial charge in [-0.25, -0.2) is 4.21 Å². The minimum Gasteiger partial charge on any atom is -0.398 e. The van der Waals surface area contributed by atoms with Gasteiger partial charge in [-0.3, -0.25) is 9.00 Å². The van der Waals surface area contributed by atoms with E-state index in [9.17, 15) is 18.1 Å². The van der Waals surface area contributed by atoms with E-state index < -0.39 is 19.3 Å². The highest BCUT2D eigenvalue weighted by Gasteiger charge is 2.25. The molecule has 2 unspecified atom stereocenters. The Kier molecular flexibility index (Phi) is 9.02. The molecule has 1 heterocycles. The summed E-state index contributed by atoms with van der Waals surface area (Å²) in [7, 11) is -4.74. The number of nitrogens with one attached hydrogen (secondary N) is 1. The van der Waals surface area contributed by atoms with Gasteiger partial charge in [0.15, 0.2) is 7.05 Å². The second-order valence-electron chi connectivity index (χ2n) is 10.1. The number of hydrogen-bond donors (Lipinski definition) is 1. The maximum atomic E-state index is 13.7. The van der Waals surface area contributed by atoms with Gasteiger partial charge in [0, 0.05) is 56.4 Å². The summed E-state index contributed by atoms with van der Waals surface area (Å²) in [5.74, 6) is 7.52. The van der Waals surface area contributed by atoms with Crippen LogP contribution in [0.1, 0.15) is 16.7 Å². The molecule has 4 aromatic rings. The van der Waals surface area contributed by atoms with Crippen molar-refractivity contribution in [2.75, 3.05) is 12.4 Å². The molecule has 1 aliphatic heterocycles. The van der Waals surface area contributed by atoms with Crippen molar-refractivity contribution in [3.05, 3.63) is 115 Å². The molecule has 0 spiro atoms. The number of carbonyl (C=O) groups excluding carboxylic acids is 1. The normalized spacial score (nSPS) is 16.4. The Hall–Kier alpha value is -3.54. The molecule has 0 fully saturated rings. The lowest BCUT2D eigenvalue weighted by atomic mass is 10.1. The van der Waals surface area contributed by atoms with Crippen LogP contribution in [0.3, 0.4) is 0 Å². The first-order valence-electron chi connectivity index (χ1n) is 13.0.